The highest BCUT2D eigenvalue weighted by atomic mass is 16.4. The second kappa shape index (κ2) is 6.11. The molecular weight excluding hydrogens is 278 g/mol. The van der Waals surface area contributed by atoms with Crippen molar-refractivity contribution >= 4 is 11.9 Å². The van der Waals surface area contributed by atoms with Crippen LogP contribution >= 0.6 is 0 Å². The SMILES string of the molecule is Cc1cccc(C[C@H](CNC(=O)[C@H]2C[C@@H]2C2CC2)C(=O)O)c1. The van der Waals surface area contributed by atoms with Gasteiger partial charge in [-0.3, -0.25) is 9.59 Å². The van der Waals surface area contributed by atoms with Gasteiger partial charge in [-0.05, 0) is 50.0 Å². The maximum absolute atomic E-state index is 12.1. The summed E-state index contributed by atoms with van der Waals surface area (Å²) >= 11 is 0. The summed E-state index contributed by atoms with van der Waals surface area (Å²) in [5.41, 5.74) is 2.12. The van der Waals surface area contributed by atoms with E-state index >= 15 is 0 Å². The minimum Gasteiger partial charge on any atom is -0.481 e. The van der Waals surface area contributed by atoms with Crippen LogP contribution < -0.4 is 5.32 Å². The topological polar surface area (TPSA) is 66.4 Å². The number of nitrogens with one attached hydrogen (secondary N) is 1. The first-order valence-corrected chi connectivity index (χ1v) is 8.10. The van der Waals surface area contributed by atoms with Crippen molar-refractivity contribution in [3.8, 4) is 0 Å². The van der Waals surface area contributed by atoms with Crippen molar-refractivity contribution in [1.82, 2.24) is 5.32 Å². The summed E-state index contributed by atoms with van der Waals surface area (Å²) in [6, 6.07) is 7.87. The maximum atomic E-state index is 12.1. The van der Waals surface area contributed by atoms with E-state index in [1.54, 1.807) is 0 Å². The zero-order valence-electron chi connectivity index (χ0n) is 12.9. The fourth-order valence-electron chi connectivity index (χ4n) is 3.29. The van der Waals surface area contributed by atoms with E-state index in [0.29, 0.717) is 12.3 Å². The lowest BCUT2D eigenvalue weighted by Crippen LogP contribution is -2.35. The van der Waals surface area contributed by atoms with Gasteiger partial charge in [-0.2, -0.15) is 0 Å². The van der Waals surface area contributed by atoms with E-state index in [-0.39, 0.29) is 18.4 Å². The van der Waals surface area contributed by atoms with Crippen molar-refractivity contribution in [1.29, 1.82) is 0 Å². The number of hydrogen-bond acceptors (Lipinski definition) is 2. The molecule has 2 N–H and O–H groups in total. The zero-order valence-corrected chi connectivity index (χ0v) is 12.9. The fraction of sp³-hybridized carbons (Fsp3) is 0.556. The third-order valence-corrected chi connectivity index (χ3v) is 4.84. The Morgan fingerprint density at radius 2 is 2.14 bits per heavy atom. The number of carboxylic acids is 1. The average Bonchev–Trinajstić information content (AvgIpc) is 3.35. The molecule has 0 heterocycles. The van der Waals surface area contributed by atoms with Crippen molar-refractivity contribution in [2.24, 2.45) is 23.7 Å². The minimum absolute atomic E-state index is 0.0485. The third-order valence-electron chi connectivity index (χ3n) is 4.84. The molecule has 3 atom stereocenters. The molecular formula is C18H23NO3. The summed E-state index contributed by atoms with van der Waals surface area (Å²) in [6.45, 7) is 2.21. The molecule has 2 aliphatic carbocycles. The smallest absolute Gasteiger partial charge is 0.308 e. The highest BCUT2D eigenvalue weighted by Gasteiger charge is 2.51. The summed E-state index contributed by atoms with van der Waals surface area (Å²) in [6.07, 6.45) is 3.97. The van der Waals surface area contributed by atoms with E-state index in [1.165, 1.54) is 12.8 Å². The van der Waals surface area contributed by atoms with E-state index in [9.17, 15) is 14.7 Å². The molecule has 22 heavy (non-hydrogen) atoms. The summed E-state index contributed by atoms with van der Waals surface area (Å²) in [4.78, 5) is 23.5. The van der Waals surface area contributed by atoms with Gasteiger partial charge in [-0.1, -0.05) is 29.8 Å². The lowest BCUT2D eigenvalue weighted by Gasteiger charge is -2.14. The van der Waals surface area contributed by atoms with Crippen molar-refractivity contribution < 1.29 is 14.7 Å². The van der Waals surface area contributed by atoms with Gasteiger partial charge < -0.3 is 10.4 Å². The molecule has 1 aromatic rings. The van der Waals surface area contributed by atoms with E-state index in [1.807, 2.05) is 31.2 Å². The van der Waals surface area contributed by atoms with E-state index in [4.69, 9.17) is 0 Å². The van der Waals surface area contributed by atoms with Crippen LogP contribution in [0.2, 0.25) is 0 Å². The molecule has 4 nitrogen and oxygen atoms in total. The summed E-state index contributed by atoms with van der Waals surface area (Å²) in [5.74, 6) is 0.104. The fourth-order valence-corrected chi connectivity index (χ4v) is 3.29. The van der Waals surface area contributed by atoms with Crippen LogP contribution in [0.5, 0.6) is 0 Å². The zero-order chi connectivity index (χ0) is 15.7. The number of carboxylic acid groups (broad SMARTS) is 1. The molecule has 3 rings (SSSR count). The molecule has 0 unspecified atom stereocenters. The van der Waals surface area contributed by atoms with Gasteiger partial charge >= 0.3 is 5.97 Å². The second-order valence-electron chi connectivity index (χ2n) is 6.82. The van der Waals surface area contributed by atoms with Gasteiger partial charge in [-0.15, -0.1) is 0 Å². The molecule has 0 spiro atoms. The average molecular weight is 301 g/mol. The van der Waals surface area contributed by atoms with E-state index in [0.717, 1.165) is 23.5 Å². The first-order chi connectivity index (χ1) is 10.5. The van der Waals surface area contributed by atoms with Gasteiger partial charge in [0.2, 0.25) is 5.91 Å². The maximum Gasteiger partial charge on any atom is 0.308 e. The molecule has 4 heteroatoms. The van der Waals surface area contributed by atoms with Crippen LogP contribution in [0.25, 0.3) is 0 Å². The molecule has 118 valence electrons. The summed E-state index contributed by atoms with van der Waals surface area (Å²) in [7, 11) is 0. The standard InChI is InChI=1S/C18H23NO3/c1-11-3-2-4-12(7-11)8-14(18(21)22)10-19-17(20)16-9-15(16)13-5-6-13/h2-4,7,13-16H,5-6,8-10H2,1H3,(H,19,20)(H,21,22)/t14-,15-,16+/m1/s1. The predicted molar refractivity (Wildman–Crippen MR) is 83.3 cm³/mol. The molecule has 0 aliphatic heterocycles. The molecule has 2 saturated carbocycles. The lowest BCUT2D eigenvalue weighted by molar-refractivity contribution is -0.141. The number of carbonyl (C=O) groups excluding carboxylic acids is 1. The van der Waals surface area contributed by atoms with Crippen molar-refractivity contribution in [3.05, 3.63) is 35.4 Å². The van der Waals surface area contributed by atoms with Crippen LogP contribution in [0.1, 0.15) is 30.4 Å². The monoisotopic (exact) mass is 301 g/mol. The molecule has 0 aromatic heterocycles. The quantitative estimate of drug-likeness (QED) is 0.812. The molecule has 1 aromatic carbocycles. The first-order valence-electron chi connectivity index (χ1n) is 8.10. The Balaban J connectivity index is 1.51. The van der Waals surface area contributed by atoms with Crippen LogP contribution in [0.15, 0.2) is 24.3 Å². The Bertz CT molecular complexity index is 579. The Morgan fingerprint density at radius 3 is 2.77 bits per heavy atom. The molecule has 0 bridgehead atoms. The second-order valence-corrected chi connectivity index (χ2v) is 6.82. The van der Waals surface area contributed by atoms with Gasteiger partial charge in [0.25, 0.3) is 0 Å². The van der Waals surface area contributed by atoms with Crippen LogP contribution in [0, 0.1) is 30.6 Å². The van der Waals surface area contributed by atoms with Gasteiger partial charge in [0.05, 0.1) is 5.92 Å². The third kappa shape index (κ3) is 3.67. The number of benzene rings is 1. The van der Waals surface area contributed by atoms with Crippen molar-refractivity contribution in [3.63, 3.8) is 0 Å². The Morgan fingerprint density at radius 1 is 1.36 bits per heavy atom. The number of hydrogen-bond donors (Lipinski definition) is 2. The largest absolute Gasteiger partial charge is 0.481 e. The summed E-state index contributed by atoms with van der Waals surface area (Å²) < 4.78 is 0. The Hall–Kier alpha value is -1.84. The minimum atomic E-state index is -0.851. The van der Waals surface area contributed by atoms with E-state index < -0.39 is 11.9 Å². The number of rotatable bonds is 7. The normalized spacial score (nSPS) is 24.6. The Labute approximate surface area is 130 Å². The van der Waals surface area contributed by atoms with Gasteiger partial charge in [-0.25, -0.2) is 0 Å². The molecule has 2 fully saturated rings. The van der Waals surface area contributed by atoms with Crippen LogP contribution in [0.4, 0.5) is 0 Å². The van der Waals surface area contributed by atoms with E-state index in [2.05, 4.69) is 5.32 Å². The van der Waals surface area contributed by atoms with Gasteiger partial charge in [0.15, 0.2) is 0 Å². The first kappa shape index (κ1) is 15.1. The lowest BCUT2D eigenvalue weighted by atomic mass is 9.98. The van der Waals surface area contributed by atoms with Crippen LogP contribution in [-0.2, 0) is 16.0 Å². The molecule has 0 radical (unpaired) electrons. The molecule has 2 aliphatic rings. The highest BCUT2D eigenvalue weighted by Crippen LogP contribution is 2.54. The number of amides is 1. The number of aliphatic carboxylic acids is 1. The van der Waals surface area contributed by atoms with Gasteiger partial charge in [0, 0.05) is 12.5 Å². The Kier molecular flexibility index (Phi) is 4.19. The highest BCUT2D eigenvalue weighted by molar-refractivity contribution is 5.82. The number of aryl methyl sites for hydroxylation is 1. The summed E-state index contributed by atoms with van der Waals surface area (Å²) in [5, 5.41) is 12.2. The predicted octanol–water partition coefficient (Wildman–Crippen LogP) is 2.40. The van der Waals surface area contributed by atoms with Crippen molar-refractivity contribution in [2.75, 3.05) is 6.54 Å². The van der Waals surface area contributed by atoms with Crippen LogP contribution in [-0.4, -0.2) is 23.5 Å². The van der Waals surface area contributed by atoms with Crippen LogP contribution in [0.3, 0.4) is 0 Å². The van der Waals surface area contributed by atoms with Crippen molar-refractivity contribution in [2.45, 2.75) is 32.6 Å². The van der Waals surface area contributed by atoms with Gasteiger partial charge in [0.1, 0.15) is 0 Å². The number of carbonyl (C=O) groups is 2. The molecule has 1 amide bonds. The molecule has 0 saturated heterocycles.